The van der Waals surface area contributed by atoms with E-state index in [1.165, 1.54) is 11.3 Å². The fourth-order valence-electron chi connectivity index (χ4n) is 2.28. The molecule has 1 amide bonds. The molecule has 0 atom stereocenters. The summed E-state index contributed by atoms with van der Waals surface area (Å²) >= 11 is 1.44. The highest BCUT2D eigenvalue weighted by atomic mass is 32.1. The van der Waals surface area contributed by atoms with Gasteiger partial charge in [0.05, 0.1) is 12.8 Å². The quantitative estimate of drug-likeness (QED) is 0.884. The third kappa shape index (κ3) is 3.13. The number of anilines is 1. The molecule has 0 bridgehead atoms. The number of unbranched alkanes of at least 4 members (excludes halogenated alkanes) is 1. The Morgan fingerprint density at radius 2 is 2.14 bits per heavy atom. The van der Waals surface area contributed by atoms with Gasteiger partial charge in [0.1, 0.15) is 10.6 Å². The molecule has 1 aromatic carbocycles. The maximum Gasteiger partial charge on any atom is 0.266 e. The highest BCUT2D eigenvalue weighted by molar-refractivity contribution is 7.21. The first kappa shape index (κ1) is 15.6. The minimum absolute atomic E-state index is 0.0311. The zero-order valence-electron chi connectivity index (χ0n) is 12.8. The molecule has 114 valence electrons. The second-order valence-corrected chi connectivity index (χ2v) is 6.00. The van der Waals surface area contributed by atoms with Gasteiger partial charge in [-0.1, -0.05) is 13.3 Å². The Balaban J connectivity index is 2.36. The molecule has 0 aliphatic rings. The summed E-state index contributed by atoms with van der Waals surface area (Å²) in [6.45, 7) is 5.61. The molecule has 2 rings (SSSR count). The molecule has 1 heterocycles. The number of nitrogen functional groups attached to an aromatic ring is 1. The Labute approximate surface area is 129 Å². The molecule has 0 saturated carbocycles. The average Bonchev–Trinajstić information content (AvgIpc) is 2.84. The molecule has 1 aromatic heterocycles. The predicted molar refractivity (Wildman–Crippen MR) is 89.3 cm³/mol. The number of carbonyl (C=O) groups is 1. The van der Waals surface area contributed by atoms with E-state index in [0.717, 1.165) is 35.2 Å². The van der Waals surface area contributed by atoms with Crippen molar-refractivity contribution in [1.82, 2.24) is 4.90 Å². The Kier molecular flexibility index (Phi) is 5.07. The van der Waals surface area contributed by atoms with Crippen molar-refractivity contribution in [3.8, 4) is 5.75 Å². The lowest BCUT2D eigenvalue weighted by Gasteiger charge is -2.20. The Morgan fingerprint density at radius 1 is 1.38 bits per heavy atom. The number of nitrogens with zero attached hydrogens (tertiary/aromatic N) is 1. The summed E-state index contributed by atoms with van der Waals surface area (Å²) in [5.74, 6) is 0.810. The van der Waals surface area contributed by atoms with Crippen LogP contribution < -0.4 is 10.5 Å². The van der Waals surface area contributed by atoms with E-state index in [4.69, 9.17) is 10.5 Å². The van der Waals surface area contributed by atoms with Crippen LogP contribution in [0.3, 0.4) is 0 Å². The molecule has 0 unspecified atom stereocenters. The van der Waals surface area contributed by atoms with Crippen LogP contribution in [0.15, 0.2) is 18.2 Å². The molecular weight excluding hydrogens is 284 g/mol. The fraction of sp³-hybridized carbons (Fsp3) is 0.438. The van der Waals surface area contributed by atoms with Crippen LogP contribution in [-0.2, 0) is 0 Å². The SMILES string of the molecule is CCCCN(CC)C(=O)c1sc2cc(OC)ccc2c1N. The van der Waals surface area contributed by atoms with Crippen molar-refractivity contribution in [3.63, 3.8) is 0 Å². The summed E-state index contributed by atoms with van der Waals surface area (Å²) in [5.41, 5.74) is 6.76. The van der Waals surface area contributed by atoms with Crippen LogP contribution in [0.4, 0.5) is 5.69 Å². The number of thiophene rings is 1. The molecule has 2 aromatic rings. The minimum atomic E-state index is 0.0311. The van der Waals surface area contributed by atoms with E-state index in [2.05, 4.69) is 6.92 Å². The van der Waals surface area contributed by atoms with Crippen molar-refractivity contribution in [2.75, 3.05) is 25.9 Å². The van der Waals surface area contributed by atoms with Crippen LogP contribution in [0, 0.1) is 0 Å². The number of ether oxygens (including phenoxy) is 1. The van der Waals surface area contributed by atoms with Crippen LogP contribution >= 0.6 is 11.3 Å². The lowest BCUT2D eigenvalue weighted by molar-refractivity contribution is 0.0768. The Hall–Kier alpha value is -1.75. The largest absolute Gasteiger partial charge is 0.497 e. The van der Waals surface area contributed by atoms with Gasteiger partial charge in [0, 0.05) is 23.2 Å². The zero-order valence-corrected chi connectivity index (χ0v) is 13.6. The third-order valence-corrected chi connectivity index (χ3v) is 4.74. The third-order valence-electron chi connectivity index (χ3n) is 3.58. The molecule has 0 aliphatic carbocycles. The zero-order chi connectivity index (χ0) is 15.4. The molecule has 21 heavy (non-hydrogen) atoms. The van der Waals surface area contributed by atoms with Crippen LogP contribution in [-0.4, -0.2) is 31.0 Å². The van der Waals surface area contributed by atoms with E-state index in [1.807, 2.05) is 30.0 Å². The van der Waals surface area contributed by atoms with Gasteiger partial charge in [-0.3, -0.25) is 4.79 Å². The molecule has 0 fully saturated rings. The summed E-state index contributed by atoms with van der Waals surface area (Å²) in [5, 5.41) is 0.927. The monoisotopic (exact) mass is 306 g/mol. The van der Waals surface area contributed by atoms with Crippen molar-refractivity contribution in [1.29, 1.82) is 0 Å². The summed E-state index contributed by atoms with van der Waals surface area (Å²) in [6, 6.07) is 5.71. The van der Waals surface area contributed by atoms with Gasteiger partial charge in [-0.25, -0.2) is 0 Å². The van der Waals surface area contributed by atoms with Crippen LogP contribution in [0.5, 0.6) is 5.75 Å². The second kappa shape index (κ2) is 6.80. The van der Waals surface area contributed by atoms with Gasteiger partial charge in [-0.2, -0.15) is 0 Å². The number of methoxy groups -OCH3 is 1. The number of hydrogen-bond donors (Lipinski definition) is 1. The van der Waals surface area contributed by atoms with Gasteiger partial charge in [0.2, 0.25) is 0 Å². The average molecular weight is 306 g/mol. The number of nitrogens with two attached hydrogens (primary N) is 1. The summed E-state index contributed by atoms with van der Waals surface area (Å²) in [4.78, 5) is 15.2. The molecule has 0 spiro atoms. The maximum absolute atomic E-state index is 12.7. The molecule has 2 N–H and O–H groups in total. The first-order valence-corrected chi connectivity index (χ1v) is 8.09. The fourth-order valence-corrected chi connectivity index (χ4v) is 3.40. The molecular formula is C16H22N2O2S. The number of fused-ring (bicyclic) bond motifs is 1. The lowest BCUT2D eigenvalue weighted by Crippen LogP contribution is -2.31. The Morgan fingerprint density at radius 3 is 2.76 bits per heavy atom. The van der Waals surface area contributed by atoms with Crippen molar-refractivity contribution < 1.29 is 9.53 Å². The van der Waals surface area contributed by atoms with Crippen molar-refractivity contribution in [2.24, 2.45) is 0 Å². The van der Waals surface area contributed by atoms with E-state index in [9.17, 15) is 4.79 Å². The van der Waals surface area contributed by atoms with Gasteiger partial charge in [-0.15, -0.1) is 11.3 Å². The smallest absolute Gasteiger partial charge is 0.266 e. The first-order chi connectivity index (χ1) is 10.1. The van der Waals surface area contributed by atoms with E-state index >= 15 is 0 Å². The number of hydrogen-bond acceptors (Lipinski definition) is 4. The number of amides is 1. The van der Waals surface area contributed by atoms with Crippen molar-refractivity contribution in [2.45, 2.75) is 26.7 Å². The molecule has 0 aliphatic heterocycles. The molecule has 0 saturated heterocycles. The van der Waals surface area contributed by atoms with Crippen LogP contribution in [0.2, 0.25) is 0 Å². The molecule has 4 nitrogen and oxygen atoms in total. The Bertz CT molecular complexity index is 636. The van der Waals surface area contributed by atoms with E-state index in [1.54, 1.807) is 7.11 Å². The number of benzene rings is 1. The standard InChI is InChI=1S/C16H22N2O2S/c1-4-6-9-18(5-2)16(19)15-14(17)12-8-7-11(20-3)10-13(12)21-15/h7-8,10H,4-6,9,17H2,1-3H3. The number of carbonyl (C=O) groups excluding carboxylic acids is 1. The topological polar surface area (TPSA) is 55.6 Å². The van der Waals surface area contributed by atoms with Gasteiger partial charge < -0.3 is 15.4 Å². The van der Waals surface area contributed by atoms with Crippen LogP contribution in [0.25, 0.3) is 10.1 Å². The van der Waals surface area contributed by atoms with Gasteiger partial charge in [0.25, 0.3) is 5.91 Å². The summed E-state index contributed by atoms with van der Waals surface area (Å²) in [7, 11) is 1.63. The summed E-state index contributed by atoms with van der Waals surface area (Å²) in [6.07, 6.45) is 2.08. The maximum atomic E-state index is 12.7. The van der Waals surface area contributed by atoms with Gasteiger partial charge in [0.15, 0.2) is 0 Å². The van der Waals surface area contributed by atoms with E-state index in [-0.39, 0.29) is 5.91 Å². The minimum Gasteiger partial charge on any atom is -0.497 e. The van der Waals surface area contributed by atoms with Gasteiger partial charge >= 0.3 is 0 Å². The van der Waals surface area contributed by atoms with Crippen LogP contribution in [0.1, 0.15) is 36.4 Å². The van der Waals surface area contributed by atoms with E-state index < -0.39 is 0 Å². The van der Waals surface area contributed by atoms with Crippen molar-refractivity contribution >= 4 is 33.0 Å². The highest BCUT2D eigenvalue weighted by Gasteiger charge is 2.21. The highest BCUT2D eigenvalue weighted by Crippen LogP contribution is 2.36. The summed E-state index contributed by atoms with van der Waals surface area (Å²) < 4.78 is 6.21. The molecule has 5 heteroatoms. The predicted octanol–water partition coefficient (Wildman–Crippen LogP) is 3.75. The van der Waals surface area contributed by atoms with Crippen molar-refractivity contribution in [3.05, 3.63) is 23.1 Å². The van der Waals surface area contributed by atoms with E-state index in [0.29, 0.717) is 17.1 Å². The first-order valence-electron chi connectivity index (χ1n) is 7.27. The normalized spacial score (nSPS) is 10.8. The lowest BCUT2D eigenvalue weighted by atomic mass is 10.2. The molecule has 0 radical (unpaired) electrons. The second-order valence-electron chi connectivity index (χ2n) is 4.95. The van der Waals surface area contributed by atoms with Gasteiger partial charge in [-0.05, 0) is 31.5 Å². The number of rotatable bonds is 6.